The first-order chi connectivity index (χ1) is 14.7. The van der Waals surface area contributed by atoms with E-state index in [1.54, 1.807) is 7.11 Å². The highest BCUT2D eigenvalue weighted by Gasteiger charge is 2.25. The maximum atomic E-state index is 11.3. The zero-order valence-corrected chi connectivity index (χ0v) is 18.8. The Morgan fingerprint density at radius 3 is 2.73 bits per heavy atom. The van der Waals surface area contributed by atoms with Gasteiger partial charge in [-0.25, -0.2) is 0 Å². The molecule has 2 rings (SSSR count). The molecule has 1 aromatic carbocycles. The SMILES string of the molecule is CCOC(=O)CCCCCCCNC(=NC)NC1CCN(c2ccccc2OC)C1. The number of benzene rings is 1. The van der Waals surface area contributed by atoms with Crippen LogP contribution in [0.2, 0.25) is 0 Å². The van der Waals surface area contributed by atoms with Crippen molar-refractivity contribution in [1.29, 1.82) is 0 Å². The molecule has 0 bridgehead atoms. The number of guanidine groups is 1. The Hall–Kier alpha value is -2.44. The molecule has 0 aromatic heterocycles. The van der Waals surface area contributed by atoms with Gasteiger partial charge in [0.25, 0.3) is 0 Å². The van der Waals surface area contributed by atoms with Gasteiger partial charge in [-0.05, 0) is 38.3 Å². The molecule has 0 radical (unpaired) electrons. The maximum absolute atomic E-state index is 11.3. The predicted molar refractivity (Wildman–Crippen MR) is 122 cm³/mol. The van der Waals surface area contributed by atoms with Gasteiger partial charge in [0.2, 0.25) is 0 Å². The highest BCUT2D eigenvalue weighted by molar-refractivity contribution is 5.80. The van der Waals surface area contributed by atoms with Gasteiger partial charge in [0.1, 0.15) is 5.75 Å². The molecule has 1 fully saturated rings. The minimum absolute atomic E-state index is 0.0785. The third-order valence-electron chi connectivity index (χ3n) is 5.33. The zero-order valence-electron chi connectivity index (χ0n) is 18.8. The number of methoxy groups -OCH3 is 1. The molecule has 168 valence electrons. The van der Waals surface area contributed by atoms with E-state index in [1.165, 1.54) is 0 Å². The second kappa shape index (κ2) is 13.7. The van der Waals surface area contributed by atoms with E-state index in [-0.39, 0.29) is 5.97 Å². The normalized spacial score (nSPS) is 16.4. The van der Waals surface area contributed by atoms with Crippen molar-refractivity contribution in [2.75, 3.05) is 45.3 Å². The molecule has 0 saturated carbocycles. The number of aliphatic imine (C=N–C) groups is 1. The van der Waals surface area contributed by atoms with Crippen LogP contribution in [0.15, 0.2) is 29.3 Å². The van der Waals surface area contributed by atoms with Crippen LogP contribution >= 0.6 is 0 Å². The average molecular weight is 419 g/mol. The number of nitrogens with one attached hydrogen (secondary N) is 2. The van der Waals surface area contributed by atoms with E-state index in [0.717, 1.165) is 75.6 Å². The van der Waals surface area contributed by atoms with E-state index in [4.69, 9.17) is 9.47 Å². The van der Waals surface area contributed by atoms with Crippen molar-refractivity contribution >= 4 is 17.6 Å². The fraction of sp³-hybridized carbons (Fsp3) is 0.652. The van der Waals surface area contributed by atoms with Gasteiger partial charge in [0, 0.05) is 39.1 Å². The van der Waals surface area contributed by atoms with Gasteiger partial charge >= 0.3 is 5.97 Å². The summed E-state index contributed by atoms with van der Waals surface area (Å²) < 4.78 is 10.4. The van der Waals surface area contributed by atoms with Gasteiger partial charge in [-0.3, -0.25) is 9.79 Å². The van der Waals surface area contributed by atoms with Crippen molar-refractivity contribution in [2.45, 2.75) is 57.9 Å². The number of esters is 1. The summed E-state index contributed by atoms with van der Waals surface area (Å²) in [7, 11) is 3.54. The number of anilines is 1. The number of carbonyl (C=O) groups excluding carboxylic acids is 1. The molecule has 1 aliphatic rings. The Bertz CT molecular complexity index is 666. The third kappa shape index (κ3) is 8.13. The molecule has 0 spiro atoms. The molecule has 1 aliphatic heterocycles. The topological polar surface area (TPSA) is 75.2 Å². The summed E-state index contributed by atoms with van der Waals surface area (Å²) in [6.45, 7) is 5.15. The van der Waals surface area contributed by atoms with Crippen LogP contribution < -0.4 is 20.3 Å². The minimum Gasteiger partial charge on any atom is -0.495 e. The first-order valence-electron chi connectivity index (χ1n) is 11.2. The van der Waals surface area contributed by atoms with Crippen LogP contribution in [-0.2, 0) is 9.53 Å². The van der Waals surface area contributed by atoms with Crippen molar-refractivity contribution in [3.8, 4) is 5.75 Å². The van der Waals surface area contributed by atoms with Crippen LogP contribution in [0.3, 0.4) is 0 Å². The quantitative estimate of drug-likeness (QED) is 0.235. The first kappa shape index (κ1) is 23.8. The average Bonchev–Trinajstić information content (AvgIpc) is 3.23. The Labute approximate surface area is 181 Å². The Balaban J connectivity index is 1.60. The third-order valence-corrected chi connectivity index (χ3v) is 5.33. The van der Waals surface area contributed by atoms with Crippen LogP contribution in [0.5, 0.6) is 5.75 Å². The van der Waals surface area contributed by atoms with Crippen LogP contribution in [0.25, 0.3) is 0 Å². The van der Waals surface area contributed by atoms with Gasteiger partial charge in [0.15, 0.2) is 5.96 Å². The summed E-state index contributed by atoms with van der Waals surface area (Å²) in [4.78, 5) is 18.0. The smallest absolute Gasteiger partial charge is 0.305 e. The van der Waals surface area contributed by atoms with E-state index < -0.39 is 0 Å². The fourth-order valence-electron chi connectivity index (χ4n) is 3.74. The van der Waals surface area contributed by atoms with Gasteiger partial charge < -0.3 is 25.0 Å². The number of ether oxygens (including phenoxy) is 2. The zero-order chi connectivity index (χ0) is 21.6. The van der Waals surface area contributed by atoms with Crippen molar-refractivity contribution in [1.82, 2.24) is 10.6 Å². The molecule has 1 unspecified atom stereocenters. The number of rotatable bonds is 12. The molecule has 30 heavy (non-hydrogen) atoms. The maximum Gasteiger partial charge on any atom is 0.305 e. The van der Waals surface area contributed by atoms with Crippen molar-refractivity contribution in [3.05, 3.63) is 24.3 Å². The molecule has 1 heterocycles. The molecular formula is C23H38N4O3. The summed E-state index contributed by atoms with van der Waals surface area (Å²) >= 11 is 0. The molecule has 1 atom stereocenters. The number of nitrogens with zero attached hydrogens (tertiary/aromatic N) is 2. The second-order valence-corrected chi connectivity index (χ2v) is 7.57. The summed E-state index contributed by atoms with van der Waals surface area (Å²) in [5.74, 6) is 1.71. The molecular weight excluding hydrogens is 380 g/mol. The summed E-state index contributed by atoms with van der Waals surface area (Å²) in [5.41, 5.74) is 1.15. The molecule has 0 aliphatic carbocycles. The van der Waals surface area contributed by atoms with Crippen molar-refractivity contribution < 1.29 is 14.3 Å². The highest BCUT2D eigenvalue weighted by Crippen LogP contribution is 2.30. The second-order valence-electron chi connectivity index (χ2n) is 7.57. The van der Waals surface area contributed by atoms with Crippen LogP contribution in [0.4, 0.5) is 5.69 Å². The van der Waals surface area contributed by atoms with Crippen LogP contribution in [-0.4, -0.2) is 58.4 Å². The molecule has 7 heteroatoms. The number of unbranched alkanes of at least 4 members (excludes halogenated alkanes) is 4. The van der Waals surface area contributed by atoms with E-state index in [1.807, 2.05) is 26.1 Å². The fourth-order valence-corrected chi connectivity index (χ4v) is 3.74. The van der Waals surface area contributed by atoms with Gasteiger partial charge in [-0.2, -0.15) is 0 Å². The number of para-hydroxylation sites is 2. The number of hydrogen-bond acceptors (Lipinski definition) is 5. The molecule has 7 nitrogen and oxygen atoms in total. The molecule has 1 saturated heterocycles. The lowest BCUT2D eigenvalue weighted by Gasteiger charge is -2.22. The van der Waals surface area contributed by atoms with Crippen LogP contribution in [0, 0.1) is 0 Å². The van der Waals surface area contributed by atoms with E-state index >= 15 is 0 Å². The van der Waals surface area contributed by atoms with Gasteiger partial charge in [-0.1, -0.05) is 31.4 Å². The predicted octanol–water partition coefficient (Wildman–Crippen LogP) is 3.34. The van der Waals surface area contributed by atoms with Crippen molar-refractivity contribution in [3.63, 3.8) is 0 Å². The standard InChI is InChI=1S/C23H38N4O3/c1-4-30-22(28)14-8-6-5-7-11-16-25-23(24-2)26-19-15-17-27(18-19)20-12-9-10-13-21(20)29-3/h9-10,12-13,19H,4-8,11,14-18H2,1-3H3,(H2,24,25,26). The van der Waals surface area contributed by atoms with E-state index in [0.29, 0.717) is 19.1 Å². The largest absolute Gasteiger partial charge is 0.495 e. The lowest BCUT2D eigenvalue weighted by Crippen LogP contribution is -2.44. The number of hydrogen-bond donors (Lipinski definition) is 2. The van der Waals surface area contributed by atoms with Crippen LogP contribution in [0.1, 0.15) is 51.9 Å². The summed E-state index contributed by atoms with van der Waals surface area (Å²) in [6.07, 6.45) is 6.99. The summed E-state index contributed by atoms with van der Waals surface area (Å²) in [5, 5.41) is 6.96. The van der Waals surface area contributed by atoms with Gasteiger partial charge in [0.05, 0.1) is 19.4 Å². The highest BCUT2D eigenvalue weighted by atomic mass is 16.5. The van der Waals surface area contributed by atoms with E-state index in [2.05, 4.69) is 32.7 Å². The first-order valence-corrected chi connectivity index (χ1v) is 11.2. The van der Waals surface area contributed by atoms with Crippen molar-refractivity contribution in [2.24, 2.45) is 4.99 Å². The molecule has 0 amide bonds. The van der Waals surface area contributed by atoms with Gasteiger partial charge in [-0.15, -0.1) is 0 Å². The summed E-state index contributed by atoms with van der Waals surface area (Å²) in [6, 6.07) is 8.54. The lowest BCUT2D eigenvalue weighted by atomic mass is 10.1. The minimum atomic E-state index is -0.0785. The molecule has 1 aromatic rings. The Kier molecular flexibility index (Phi) is 10.9. The lowest BCUT2D eigenvalue weighted by molar-refractivity contribution is -0.143. The molecule has 2 N–H and O–H groups in total. The Morgan fingerprint density at radius 1 is 1.20 bits per heavy atom. The monoisotopic (exact) mass is 418 g/mol. The Morgan fingerprint density at radius 2 is 1.97 bits per heavy atom. The van der Waals surface area contributed by atoms with E-state index in [9.17, 15) is 4.79 Å². The number of carbonyl (C=O) groups is 1.